The molecular formula is C16H21N5O3. The fourth-order valence-electron chi connectivity index (χ4n) is 2.72. The molecule has 2 saturated carbocycles. The number of nitrogens with one attached hydrogen (secondary N) is 2. The van der Waals surface area contributed by atoms with Crippen LogP contribution in [0.2, 0.25) is 0 Å². The third-order valence-electron chi connectivity index (χ3n) is 4.70. The molecule has 0 aromatic carbocycles. The van der Waals surface area contributed by atoms with Crippen molar-refractivity contribution in [3.63, 3.8) is 0 Å². The van der Waals surface area contributed by atoms with Crippen molar-refractivity contribution in [3.05, 3.63) is 29.6 Å². The highest BCUT2D eigenvalue weighted by Crippen LogP contribution is 2.50. The van der Waals surface area contributed by atoms with E-state index in [1.807, 2.05) is 0 Å². The van der Waals surface area contributed by atoms with Gasteiger partial charge in [-0.15, -0.1) is 0 Å². The predicted octanol–water partition coefficient (Wildman–Crippen LogP) is -0.859. The maximum atomic E-state index is 12.4. The lowest BCUT2D eigenvalue weighted by Crippen LogP contribution is -2.45. The Kier molecular flexibility index (Phi) is 4.00. The topological polar surface area (TPSA) is 140 Å². The molecule has 8 heteroatoms. The number of carbonyl (C=O) groups excluding carboxylic acids is 3. The minimum absolute atomic E-state index is 0.237. The van der Waals surface area contributed by atoms with E-state index in [2.05, 4.69) is 15.6 Å². The Bertz CT molecular complexity index is 677. The summed E-state index contributed by atoms with van der Waals surface area (Å²) >= 11 is 0. The van der Waals surface area contributed by atoms with E-state index in [-0.39, 0.29) is 11.8 Å². The van der Waals surface area contributed by atoms with Gasteiger partial charge in [0, 0.05) is 19.3 Å². The average molecular weight is 331 g/mol. The van der Waals surface area contributed by atoms with E-state index in [1.54, 1.807) is 12.1 Å². The lowest BCUT2D eigenvalue weighted by molar-refractivity contribution is -0.136. The van der Waals surface area contributed by atoms with Gasteiger partial charge in [0.25, 0.3) is 5.91 Å². The van der Waals surface area contributed by atoms with Crippen LogP contribution < -0.4 is 22.1 Å². The molecule has 0 radical (unpaired) electrons. The maximum absolute atomic E-state index is 12.4. The van der Waals surface area contributed by atoms with Crippen LogP contribution in [0.25, 0.3) is 0 Å². The zero-order valence-corrected chi connectivity index (χ0v) is 13.3. The van der Waals surface area contributed by atoms with Crippen molar-refractivity contribution >= 4 is 17.7 Å². The minimum Gasteiger partial charge on any atom is -0.369 e. The number of nitrogens with two attached hydrogens (primary N) is 2. The summed E-state index contributed by atoms with van der Waals surface area (Å²) in [6.07, 6.45) is 3.98. The molecule has 1 aromatic rings. The van der Waals surface area contributed by atoms with E-state index in [0.29, 0.717) is 37.2 Å². The van der Waals surface area contributed by atoms with Gasteiger partial charge in [-0.3, -0.25) is 19.4 Å². The van der Waals surface area contributed by atoms with Gasteiger partial charge in [0.05, 0.1) is 16.8 Å². The van der Waals surface area contributed by atoms with Crippen LogP contribution in [0.1, 0.15) is 41.7 Å². The molecule has 3 rings (SSSR count). The summed E-state index contributed by atoms with van der Waals surface area (Å²) in [5.74, 6) is -1.13. The zero-order valence-electron chi connectivity index (χ0n) is 13.3. The highest BCUT2D eigenvalue weighted by Gasteiger charge is 2.59. The highest BCUT2D eigenvalue weighted by atomic mass is 16.2. The molecule has 1 aromatic heterocycles. The molecule has 0 unspecified atom stereocenters. The van der Waals surface area contributed by atoms with E-state index in [0.717, 1.165) is 12.8 Å². The second-order valence-electron chi connectivity index (χ2n) is 6.46. The monoisotopic (exact) mass is 331 g/mol. The van der Waals surface area contributed by atoms with Crippen LogP contribution in [-0.4, -0.2) is 35.8 Å². The Labute approximate surface area is 139 Å². The molecule has 6 N–H and O–H groups in total. The van der Waals surface area contributed by atoms with Crippen LogP contribution in [0.15, 0.2) is 18.3 Å². The number of rotatable bonds is 7. The summed E-state index contributed by atoms with van der Waals surface area (Å²) in [6, 6.07) is 3.40. The minimum atomic E-state index is -1.04. The zero-order chi connectivity index (χ0) is 17.4. The van der Waals surface area contributed by atoms with Gasteiger partial charge in [-0.05, 0) is 37.8 Å². The van der Waals surface area contributed by atoms with Gasteiger partial charge in [-0.2, -0.15) is 0 Å². The summed E-state index contributed by atoms with van der Waals surface area (Å²) < 4.78 is 0. The van der Waals surface area contributed by atoms with Crippen molar-refractivity contribution in [2.45, 2.75) is 31.2 Å². The fourth-order valence-corrected chi connectivity index (χ4v) is 2.72. The molecule has 0 bridgehead atoms. The van der Waals surface area contributed by atoms with Crippen molar-refractivity contribution in [2.24, 2.45) is 16.9 Å². The largest absolute Gasteiger partial charge is 0.369 e. The van der Waals surface area contributed by atoms with Crippen LogP contribution in [0, 0.1) is 5.41 Å². The number of carbonyl (C=O) groups is 3. The first-order valence-electron chi connectivity index (χ1n) is 8.01. The Morgan fingerprint density at radius 1 is 1.17 bits per heavy atom. The molecule has 24 heavy (non-hydrogen) atoms. The van der Waals surface area contributed by atoms with Crippen molar-refractivity contribution in [3.8, 4) is 0 Å². The Morgan fingerprint density at radius 2 is 1.88 bits per heavy atom. The first-order chi connectivity index (χ1) is 11.4. The normalized spacial score (nSPS) is 19.2. The third kappa shape index (κ3) is 2.84. The fraction of sp³-hybridized carbons (Fsp3) is 0.500. The molecule has 0 saturated heterocycles. The van der Waals surface area contributed by atoms with E-state index in [1.165, 1.54) is 6.20 Å². The van der Waals surface area contributed by atoms with Crippen molar-refractivity contribution in [2.75, 3.05) is 13.1 Å². The predicted molar refractivity (Wildman–Crippen MR) is 85.5 cm³/mol. The summed E-state index contributed by atoms with van der Waals surface area (Å²) in [5, 5.41) is 5.60. The maximum Gasteiger partial charge on any atom is 0.252 e. The number of amides is 3. The number of aromatic nitrogens is 1. The lowest BCUT2D eigenvalue weighted by atomic mass is 10.0. The van der Waals surface area contributed by atoms with Crippen molar-refractivity contribution < 1.29 is 14.4 Å². The lowest BCUT2D eigenvalue weighted by Gasteiger charge is -2.20. The van der Waals surface area contributed by atoms with Gasteiger partial charge < -0.3 is 22.1 Å². The quantitative estimate of drug-likeness (QED) is 0.481. The van der Waals surface area contributed by atoms with Gasteiger partial charge in [0.1, 0.15) is 5.41 Å². The van der Waals surface area contributed by atoms with Gasteiger partial charge in [0.15, 0.2) is 0 Å². The average Bonchev–Trinajstić information content (AvgIpc) is 3.46. The van der Waals surface area contributed by atoms with E-state index >= 15 is 0 Å². The second kappa shape index (κ2) is 5.86. The number of hydrogen-bond acceptors (Lipinski definition) is 5. The smallest absolute Gasteiger partial charge is 0.252 e. The van der Waals surface area contributed by atoms with Crippen LogP contribution in [0.4, 0.5) is 0 Å². The molecule has 1 heterocycles. The van der Waals surface area contributed by atoms with Crippen molar-refractivity contribution in [1.82, 2.24) is 15.6 Å². The van der Waals surface area contributed by atoms with Crippen LogP contribution in [0.5, 0.6) is 0 Å². The molecule has 128 valence electrons. The third-order valence-corrected chi connectivity index (χ3v) is 4.70. The molecule has 0 atom stereocenters. The number of pyridine rings is 1. The van der Waals surface area contributed by atoms with Crippen molar-refractivity contribution in [1.29, 1.82) is 0 Å². The number of primary amides is 1. The molecule has 0 spiro atoms. The molecule has 2 aliphatic carbocycles. The summed E-state index contributed by atoms with van der Waals surface area (Å²) in [7, 11) is 0. The van der Waals surface area contributed by atoms with Gasteiger partial charge in [-0.25, -0.2) is 0 Å². The SMILES string of the molecule is NCCNC(=O)c1ccc(C2(NC(=O)C3(C(N)=O)CC3)CC2)nc1. The molecule has 2 fully saturated rings. The molecular weight excluding hydrogens is 310 g/mol. The Morgan fingerprint density at radius 3 is 2.33 bits per heavy atom. The first kappa shape index (κ1) is 16.4. The molecule has 2 aliphatic rings. The highest BCUT2D eigenvalue weighted by molar-refractivity contribution is 6.07. The van der Waals surface area contributed by atoms with E-state index in [9.17, 15) is 14.4 Å². The van der Waals surface area contributed by atoms with Gasteiger partial charge in [-0.1, -0.05) is 0 Å². The molecule has 0 aliphatic heterocycles. The number of hydrogen-bond donors (Lipinski definition) is 4. The second-order valence-corrected chi connectivity index (χ2v) is 6.46. The van der Waals surface area contributed by atoms with E-state index < -0.39 is 16.9 Å². The first-order valence-corrected chi connectivity index (χ1v) is 8.01. The molecule has 8 nitrogen and oxygen atoms in total. The van der Waals surface area contributed by atoms with E-state index in [4.69, 9.17) is 11.5 Å². The number of nitrogens with zero attached hydrogens (tertiary/aromatic N) is 1. The Balaban J connectivity index is 1.69. The summed E-state index contributed by atoms with van der Waals surface area (Å²) in [6.45, 7) is 0.768. The standard InChI is InChI=1S/C16H21N5O3/c17-7-8-19-12(22)10-1-2-11(20-9-10)16(5-6-16)21-14(24)15(3-4-15)13(18)23/h1-2,9H,3-8,17H2,(H2,18,23)(H,19,22)(H,21,24). The van der Waals surface area contributed by atoms with Crippen LogP contribution in [-0.2, 0) is 15.1 Å². The van der Waals surface area contributed by atoms with Gasteiger partial charge in [0.2, 0.25) is 11.8 Å². The summed E-state index contributed by atoms with van der Waals surface area (Å²) in [4.78, 5) is 40.0. The summed E-state index contributed by atoms with van der Waals surface area (Å²) in [5.41, 5.74) is 10.2. The van der Waals surface area contributed by atoms with Crippen LogP contribution >= 0.6 is 0 Å². The van der Waals surface area contributed by atoms with Gasteiger partial charge >= 0.3 is 0 Å². The molecule has 3 amide bonds. The van der Waals surface area contributed by atoms with Crippen LogP contribution in [0.3, 0.4) is 0 Å². The Hall–Kier alpha value is -2.48.